The van der Waals surface area contributed by atoms with Crippen LogP contribution in [0.1, 0.15) is 19.8 Å². The van der Waals surface area contributed by atoms with Crippen LogP contribution in [0.25, 0.3) is 0 Å². The molecule has 1 aliphatic heterocycles. The van der Waals surface area contributed by atoms with Crippen molar-refractivity contribution in [3.05, 3.63) is 18.2 Å². The Balaban J connectivity index is 2.09. The third-order valence-electron chi connectivity index (χ3n) is 2.86. The van der Waals surface area contributed by atoms with Crippen molar-refractivity contribution in [2.75, 3.05) is 26.4 Å². The molecule has 0 fully saturated rings. The number of carbonyl (C=O) groups is 1. The molecule has 1 N–H and O–H groups in total. The van der Waals surface area contributed by atoms with Gasteiger partial charge in [-0.2, -0.15) is 0 Å². The normalized spacial score (nSPS) is 14.2. The number of benzene rings is 1. The molecule has 0 aliphatic carbocycles. The number of rotatable bonds is 6. The predicted molar refractivity (Wildman–Crippen MR) is 78.5 cm³/mol. The molecule has 7 nitrogen and oxygen atoms in total. The van der Waals surface area contributed by atoms with Crippen LogP contribution >= 0.6 is 0 Å². The summed E-state index contributed by atoms with van der Waals surface area (Å²) in [6, 6.07) is 4.24. The van der Waals surface area contributed by atoms with Gasteiger partial charge in [0.15, 0.2) is 11.5 Å². The maximum atomic E-state index is 12.2. The van der Waals surface area contributed by atoms with E-state index in [1.807, 2.05) is 11.6 Å². The summed E-state index contributed by atoms with van der Waals surface area (Å²) in [5.41, 5.74) is 0. The van der Waals surface area contributed by atoms with Crippen molar-refractivity contribution < 1.29 is 27.4 Å². The van der Waals surface area contributed by atoms with Gasteiger partial charge in [-0.15, -0.1) is 0 Å². The van der Waals surface area contributed by atoms with Crippen molar-refractivity contribution in [1.29, 1.82) is 0 Å². The van der Waals surface area contributed by atoms with Crippen LogP contribution in [0.5, 0.6) is 11.5 Å². The lowest BCUT2D eigenvalue weighted by molar-refractivity contribution is -0.123. The fourth-order valence-electron chi connectivity index (χ4n) is 1.86. The van der Waals surface area contributed by atoms with Crippen LogP contribution in [-0.4, -0.2) is 40.8 Å². The van der Waals surface area contributed by atoms with E-state index in [4.69, 9.17) is 14.2 Å². The highest BCUT2D eigenvalue weighted by molar-refractivity contribution is 7.90. The minimum Gasteiger partial charge on any atom is -0.490 e. The second-order valence-electron chi connectivity index (χ2n) is 4.74. The largest absolute Gasteiger partial charge is 0.490 e. The second-order valence-corrected chi connectivity index (χ2v) is 6.42. The summed E-state index contributed by atoms with van der Waals surface area (Å²) in [4.78, 5) is 11.5. The van der Waals surface area contributed by atoms with Gasteiger partial charge in [-0.25, -0.2) is 13.1 Å². The number of nitrogens with one attached hydrogen (secondary N) is 1. The molecular formula is C14H19NO6S. The molecule has 122 valence electrons. The summed E-state index contributed by atoms with van der Waals surface area (Å²) < 4.78 is 42.2. The first kappa shape index (κ1) is 16.6. The maximum absolute atomic E-state index is 12.2. The fraction of sp³-hybridized carbons (Fsp3) is 0.500. The molecule has 0 bridgehead atoms. The van der Waals surface area contributed by atoms with Crippen molar-refractivity contribution in [2.24, 2.45) is 0 Å². The quantitative estimate of drug-likeness (QED) is 0.785. The molecule has 1 heterocycles. The summed E-state index contributed by atoms with van der Waals surface area (Å²) in [5, 5.41) is 0. The van der Waals surface area contributed by atoms with Crippen molar-refractivity contribution >= 4 is 15.9 Å². The molecular weight excluding hydrogens is 310 g/mol. The van der Waals surface area contributed by atoms with Crippen LogP contribution in [0.4, 0.5) is 0 Å². The van der Waals surface area contributed by atoms with Crippen LogP contribution in [0.15, 0.2) is 23.1 Å². The summed E-state index contributed by atoms with van der Waals surface area (Å²) in [7, 11) is -3.96. The molecule has 0 unspecified atom stereocenters. The highest BCUT2D eigenvalue weighted by atomic mass is 32.2. The Morgan fingerprint density at radius 1 is 1.27 bits per heavy atom. The summed E-state index contributed by atoms with van der Waals surface area (Å²) >= 11 is 0. The van der Waals surface area contributed by atoms with Gasteiger partial charge in [0.25, 0.3) is 15.9 Å². The average Bonchev–Trinajstić information content (AvgIpc) is 2.71. The van der Waals surface area contributed by atoms with E-state index in [2.05, 4.69) is 0 Å². The number of ether oxygens (including phenoxy) is 3. The average molecular weight is 329 g/mol. The molecule has 0 spiro atoms. The van der Waals surface area contributed by atoms with Crippen molar-refractivity contribution in [2.45, 2.75) is 24.7 Å². The molecule has 1 aromatic carbocycles. The van der Waals surface area contributed by atoms with Crippen LogP contribution in [-0.2, 0) is 19.6 Å². The van der Waals surface area contributed by atoms with E-state index >= 15 is 0 Å². The lowest BCUT2D eigenvalue weighted by atomic mass is 10.3. The third kappa shape index (κ3) is 4.35. The van der Waals surface area contributed by atoms with Gasteiger partial charge in [0, 0.05) is 19.1 Å². The van der Waals surface area contributed by atoms with Gasteiger partial charge in [-0.1, -0.05) is 6.92 Å². The van der Waals surface area contributed by atoms with Gasteiger partial charge >= 0.3 is 0 Å². The Morgan fingerprint density at radius 2 is 2.00 bits per heavy atom. The molecule has 0 saturated heterocycles. The van der Waals surface area contributed by atoms with Crippen LogP contribution in [0.3, 0.4) is 0 Å². The van der Waals surface area contributed by atoms with Gasteiger partial charge in [-0.05, 0) is 18.6 Å². The number of sulfonamides is 1. The van der Waals surface area contributed by atoms with E-state index < -0.39 is 15.9 Å². The zero-order chi connectivity index (χ0) is 16.0. The summed E-state index contributed by atoms with van der Waals surface area (Å²) in [5.74, 6) is 0.143. The minimum absolute atomic E-state index is 0.0550. The van der Waals surface area contributed by atoms with Gasteiger partial charge in [-0.3, -0.25) is 4.79 Å². The van der Waals surface area contributed by atoms with Gasteiger partial charge in [0.1, 0.15) is 6.61 Å². The number of carbonyl (C=O) groups excluding carboxylic acids is 1. The number of amides is 1. The van der Waals surface area contributed by atoms with Gasteiger partial charge < -0.3 is 14.2 Å². The second kappa shape index (κ2) is 7.46. The van der Waals surface area contributed by atoms with Crippen molar-refractivity contribution in [1.82, 2.24) is 4.72 Å². The lowest BCUT2D eigenvalue weighted by Gasteiger charge is -2.11. The molecule has 1 amide bonds. The standard InChI is InChI=1S/C14H19NO6S/c1-2-6-19-10-14(16)15-22(17,18)11-4-5-12-13(9-11)21-8-3-7-20-12/h4-5,9H,2-3,6-8,10H2,1H3,(H,15,16). The number of fused-ring (bicyclic) bond motifs is 1. The SMILES string of the molecule is CCCOCC(=O)NS(=O)(=O)c1ccc2c(c1)OCCCO2. The first-order valence-corrected chi connectivity index (χ1v) is 8.54. The summed E-state index contributed by atoms with van der Waals surface area (Å²) in [6.45, 7) is 2.97. The van der Waals surface area contributed by atoms with E-state index in [-0.39, 0.29) is 11.5 Å². The number of hydrogen-bond donors (Lipinski definition) is 1. The predicted octanol–water partition coefficient (Wildman–Crippen LogP) is 1.08. The molecule has 8 heteroatoms. The topological polar surface area (TPSA) is 90.9 Å². The molecule has 1 aliphatic rings. The molecule has 22 heavy (non-hydrogen) atoms. The first-order chi connectivity index (χ1) is 10.5. The van der Waals surface area contributed by atoms with Gasteiger partial charge in [0.05, 0.1) is 18.1 Å². The zero-order valence-electron chi connectivity index (χ0n) is 12.3. The van der Waals surface area contributed by atoms with E-state index in [0.717, 1.165) is 12.8 Å². The third-order valence-corrected chi connectivity index (χ3v) is 4.23. The minimum atomic E-state index is -3.96. The molecule has 0 aromatic heterocycles. The lowest BCUT2D eigenvalue weighted by Crippen LogP contribution is -2.33. The van der Waals surface area contributed by atoms with Crippen molar-refractivity contribution in [3.63, 3.8) is 0 Å². The van der Waals surface area contributed by atoms with Gasteiger partial charge in [0.2, 0.25) is 0 Å². The monoisotopic (exact) mass is 329 g/mol. The van der Waals surface area contributed by atoms with Crippen molar-refractivity contribution in [3.8, 4) is 11.5 Å². The summed E-state index contributed by atoms with van der Waals surface area (Å²) in [6.07, 6.45) is 1.48. The Hall–Kier alpha value is -1.80. The smallest absolute Gasteiger partial charge is 0.264 e. The van der Waals surface area contributed by atoms with E-state index in [1.165, 1.54) is 18.2 Å². The molecule has 2 rings (SSSR count). The Labute approximate surface area is 129 Å². The molecule has 0 radical (unpaired) electrons. The van der Waals surface area contributed by atoms with E-state index in [1.54, 1.807) is 0 Å². The highest BCUT2D eigenvalue weighted by Crippen LogP contribution is 2.31. The zero-order valence-corrected chi connectivity index (χ0v) is 13.1. The van der Waals surface area contributed by atoms with E-state index in [9.17, 15) is 13.2 Å². The Kier molecular flexibility index (Phi) is 5.62. The fourth-order valence-corrected chi connectivity index (χ4v) is 2.84. The van der Waals surface area contributed by atoms with Crippen LogP contribution in [0.2, 0.25) is 0 Å². The maximum Gasteiger partial charge on any atom is 0.264 e. The Bertz CT molecular complexity index is 628. The molecule has 0 atom stereocenters. The molecule has 1 aromatic rings. The molecule has 0 saturated carbocycles. The Morgan fingerprint density at radius 3 is 2.73 bits per heavy atom. The van der Waals surface area contributed by atoms with Crippen LogP contribution in [0, 0.1) is 0 Å². The van der Waals surface area contributed by atoms with Crippen LogP contribution < -0.4 is 14.2 Å². The van der Waals surface area contributed by atoms with E-state index in [0.29, 0.717) is 31.3 Å². The highest BCUT2D eigenvalue weighted by Gasteiger charge is 2.21. The first-order valence-electron chi connectivity index (χ1n) is 7.06. The number of hydrogen-bond acceptors (Lipinski definition) is 6.